The minimum Gasteiger partial charge on any atom is -0.449 e. The van der Waals surface area contributed by atoms with Gasteiger partial charge in [0.25, 0.3) is 0 Å². The molecule has 4 heteroatoms. The Kier molecular flexibility index (Phi) is 7.68. The summed E-state index contributed by atoms with van der Waals surface area (Å²) in [6.07, 6.45) is 8.49. The van der Waals surface area contributed by atoms with Crippen LogP contribution >= 0.6 is 0 Å². The molecule has 2 aliphatic rings. The number of carbonyl (C=O) groups excluding carboxylic acids is 1. The smallest absolute Gasteiger partial charge is 0.410 e. The lowest BCUT2D eigenvalue weighted by Crippen LogP contribution is -2.22. The normalized spacial score (nSPS) is 32.9. The van der Waals surface area contributed by atoms with E-state index < -0.39 is 0 Å². The fourth-order valence-corrected chi connectivity index (χ4v) is 3.69. The van der Waals surface area contributed by atoms with E-state index in [4.69, 9.17) is 9.47 Å². The minimum atomic E-state index is -0.135. The standard InChI is InChI=1S/C19H35NO3/c1-4-17-7-5-9-18(15(2)14-22-11-6-8-17)10-12-23-19(21)20-13-16(20)3/h15-18H,4-14H2,1-3H3. The van der Waals surface area contributed by atoms with Gasteiger partial charge in [-0.25, -0.2) is 4.79 Å². The summed E-state index contributed by atoms with van der Waals surface area (Å²) in [5.74, 6) is 2.01. The maximum Gasteiger partial charge on any atom is 0.410 e. The van der Waals surface area contributed by atoms with Gasteiger partial charge < -0.3 is 14.4 Å². The van der Waals surface area contributed by atoms with Crippen molar-refractivity contribution in [2.24, 2.45) is 17.8 Å². The highest BCUT2D eigenvalue weighted by atomic mass is 16.6. The molecule has 0 aromatic heterocycles. The number of ether oxygens (including phenoxy) is 2. The second kappa shape index (κ2) is 9.51. The van der Waals surface area contributed by atoms with Gasteiger partial charge in [0.05, 0.1) is 12.6 Å². The van der Waals surface area contributed by atoms with Crippen molar-refractivity contribution in [1.29, 1.82) is 0 Å². The summed E-state index contributed by atoms with van der Waals surface area (Å²) in [6.45, 7) is 9.79. The molecule has 134 valence electrons. The number of rotatable bonds is 4. The van der Waals surface area contributed by atoms with E-state index in [1.54, 1.807) is 4.90 Å². The van der Waals surface area contributed by atoms with Crippen LogP contribution in [0.2, 0.25) is 0 Å². The minimum absolute atomic E-state index is 0.135. The summed E-state index contributed by atoms with van der Waals surface area (Å²) in [6, 6.07) is 0.373. The van der Waals surface area contributed by atoms with Crippen LogP contribution in [0.1, 0.15) is 65.7 Å². The number of hydrogen-bond acceptors (Lipinski definition) is 3. The van der Waals surface area contributed by atoms with Gasteiger partial charge in [-0.2, -0.15) is 0 Å². The van der Waals surface area contributed by atoms with Crippen LogP contribution in [0.4, 0.5) is 4.79 Å². The monoisotopic (exact) mass is 325 g/mol. The van der Waals surface area contributed by atoms with E-state index in [0.717, 1.165) is 32.1 Å². The lowest BCUT2D eigenvalue weighted by molar-refractivity contribution is 0.0682. The van der Waals surface area contributed by atoms with Crippen molar-refractivity contribution in [1.82, 2.24) is 4.90 Å². The molecule has 0 aromatic carbocycles. The van der Waals surface area contributed by atoms with E-state index in [0.29, 0.717) is 24.5 Å². The predicted molar refractivity (Wildman–Crippen MR) is 92.5 cm³/mol. The summed E-state index contributed by atoms with van der Waals surface area (Å²) >= 11 is 0. The maximum atomic E-state index is 11.8. The highest BCUT2D eigenvalue weighted by molar-refractivity contribution is 5.70. The van der Waals surface area contributed by atoms with Gasteiger partial charge in [-0.15, -0.1) is 0 Å². The molecular formula is C19H35NO3. The summed E-state index contributed by atoms with van der Waals surface area (Å²) in [5, 5.41) is 0. The Hall–Kier alpha value is -0.770. The molecule has 2 saturated heterocycles. The van der Waals surface area contributed by atoms with E-state index >= 15 is 0 Å². The largest absolute Gasteiger partial charge is 0.449 e. The first-order valence-corrected chi connectivity index (χ1v) is 9.63. The van der Waals surface area contributed by atoms with Crippen molar-refractivity contribution in [3.8, 4) is 0 Å². The molecule has 1 amide bonds. The molecule has 0 radical (unpaired) electrons. The SMILES string of the molecule is CCC1CCCOCC(C)C(CCOC(=O)N2CC2C)CCC1. The Morgan fingerprint density at radius 1 is 1.22 bits per heavy atom. The van der Waals surface area contributed by atoms with Crippen LogP contribution in [-0.2, 0) is 9.47 Å². The third-order valence-electron chi connectivity index (χ3n) is 5.66. The quantitative estimate of drug-likeness (QED) is 0.716. The summed E-state index contributed by atoms with van der Waals surface area (Å²) < 4.78 is 11.3. The summed E-state index contributed by atoms with van der Waals surface area (Å²) in [5.41, 5.74) is 0. The molecule has 2 heterocycles. The average molecular weight is 325 g/mol. The second-order valence-electron chi connectivity index (χ2n) is 7.56. The molecule has 4 atom stereocenters. The lowest BCUT2D eigenvalue weighted by atomic mass is 9.85. The molecule has 0 spiro atoms. The molecule has 2 aliphatic heterocycles. The topological polar surface area (TPSA) is 38.5 Å². The molecule has 23 heavy (non-hydrogen) atoms. The molecule has 0 N–H and O–H groups in total. The van der Waals surface area contributed by atoms with Crippen LogP contribution < -0.4 is 0 Å². The summed E-state index contributed by atoms with van der Waals surface area (Å²) in [4.78, 5) is 13.5. The Balaban J connectivity index is 1.75. The Bertz CT molecular complexity index is 361. The van der Waals surface area contributed by atoms with Crippen molar-refractivity contribution in [2.75, 3.05) is 26.4 Å². The van der Waals surface area contributed by atoms with E-state index in [1.807, 2.05) is 0 Å². The fourth-order valence-electron chi connectivity index (χ4n) is 3.69. The maximum absolute atomic E-state index is 11.8. The third kappa shape index (κ3) is 6.33. The van der Waals surface area contributed by atoms with Crippen LogP contribution in [-0.4, -0.2) is 43.4 Å². The highest BCUT2D eigenvalue weighted by Crippen LogP contribution is 2.27. The Morgan fingerprint density at radius 2 is 1.96 bits per heavy atom. The molecule has 4 nitrogen and oxygen atoms in total. The molecule has 0 saturated carbocycles. The van der Waals surface area contributed by atoms with Crippen LogP contribution in [0.15, 0.2) is 0 Å². The van der Waals surface area contributed by atoms with Crippen LogP contribution in [0, 0.1) is 17.8 Å². The zero-order valence-corrected chi connectivity index (χ0v) is 15.3. The van der Waals surface area contributed by atoms with Crippen molar-refractivity contribution in [3.05, 3.63) is 0 Å². The number of hydrogen-bond donors (Lipinski definition) is 0. The highest BCUT2D eigenvalue weighted by Gasteiger charge is 2.35. The Labute approximate surface area is 141 Å². The second-order valence-corrected chi connectivity index (χ2v) is 7.56. The van der Waals surface area contributed by atoms with E-state index in [-0.39, 0.29) is 6.09 Å². The van der Waals surface area contributed by atoms with Crippen LogP contribution in [0.3, 0.4) is 0 Å². The average Bonchev–Trinajstić information content (AvgIpc) is 3.27. The van der Waals surface area contributed by atoms with Gasteiger partial charge in [-0.3, -0.25) is 0 Å². The molecular weight excluding hydrogens is 290 g/mol. The van der Waals surface area contributed by atoms with Crippen molar-refractivity contribution in [2.45, 2.75) is 71.8 Å². The molecule has 2 rings (SSSR count). The van der Waals surface area contributed by atoms with Crippen molar-refractivity contribution >= 4 is 6.09 Å². The number of carbonyl (C=O) groups is 1. The van der Waals surface area contributed by atoms with Gasteiger partial charge in [0.2, 0.25) is 0 Å². The van der Waals surface area contributed by atoms with Gasteiger partial charge in [0.1, 0.15) is 0 Å². The molecule has 0 aliphatic carbocycles. The zero-order valence-electron chi connectivity index (χ0n) is 15.3. The molecule has 0 aromatic rings. The molecule has 0 bridgehead atoms. The first-order valence-electron chi connectivity index (χ1n) is 9.63. The van der Waals surface area contributed by atoms with Gasteiger partial charge in [-0.1, -0.05) is 33.1 Å². The van der Waals surface area contributed by atoms with Crippen molar-refractivity contribution in [3.63, 3.8) is 0 Å². The van der Waals surface area contributed by atoms with Crippen LogP contribution in [0.25, 0.3) is 0 Å². The van der Waals surface area contributed by atoms with Crippen LogP contribution in [0.5, 0.6) is 0 Å². The van der Waals surface area contributed by atoms with E-state index in [1.165, 1.54) is 38.5 Å². The molecule has 4 unspecified atom stereocenters. The van der Waals surface area contributed by atoms with Crippen molar-refractivity contribution < 1.29 is 14.3 Å². The van der Waals surface area contributed by atoms with Gasteiger partial charge in [0, 0.05) is 19.8 Å². The third-order valence-corrected chi connectivity index (χ3v) is 5.66. The van der Waals surface area contributed by atoms with E-state index in [2.05, 4.69) is 20.8 Å². The lowest BCUT2D eigenvalue weighted by Gasteiger charge is -2.24. The number of amides is 1. The molecule has 2 fully saturated rings. The Morgan fingerprint density at radius 3 is 2.65 bits per heavy atom. The number of nitrogens with zero attached hydrogens (tertiary/aromatic N) is 1. The summed E-state index contributed by atoms with van der Waals surface area (Å²) in [7, 11) is 0. The van der Waals surface area contributed by atoms with E-state index in [9.17, 15) is 4.79 Å². The zero-order chi connectivity index (χ0) is 16.7. The predicted octanol–water partition coefficient (Wildman–Crippen LogP) is 4.48. The fraction of sp³-hybridized carbons (Fsp3) is 0.947. The first kappa shape index (κ1) is 18.6. The van der Waals surface area contributed by atoms with Gasteiger partial charge in [0.15, 0.2) is 0 Å². The first-order chi connectivity index (χ1) is 11.1. The van der Waals surface area contributed by atoms with Gasteiger partial charge in [-0.05, 0) is 50.4 Å². The van der Waals surface area contributed by atoms with Gasteiger partial charge >= 0.3 is 6.09 Å².